The number of fused-ring (bicyclic) bond motifs is 3. The molecule has 0 radical (unpaired) electrons. The van der Waals surface area contributed by atoms with Gasteiger partial charge in [-0.05, 0) is 44.1 Å². The van der Waals surface area contributed by atoms with Crippen LogP contribution in [-0.2, 0) is 0 Å². The lowest BCUT2D eigenvalue weighted by molar-refractivity contribution is 0.545. The first-order valence-electron chi connectivity index (χ1n) is 6.97. The van der Waals surface area contributed by atoms with Crippen molar-refractivity contribution in [2.75, 3.05) is 4.90 Å². The van der Waals surface area contributed by atoms with Crippen LogP contribution in [0.4, 0.5) is 5.82 Å². The second-order valence-electron chi connectivity index (χ2n) is 5.48. The minimum absolute atomic E-state index is 0.644. The zero-order valence-electron chi connectivity index (χ0n) is 11.0. The Morgan fingerprint density at radius 2 is 2.05 bits per heavy atom. The van der Waals surface area contributed by atoms with E-state index in [-0.39, 0.29) is 0 Å². The van der Waals surface area contributed by atoms with Crippen molar-refractivity contribution < 1.29 is 0 Å². The van der Waals surface area contributed by atoms with Gasteiger partial charge in [-0.1, -0.05) is 11.6 Å². The molecule has 0 saturated carbocycles. The van der Waals surface area contributed by atoms with Crippen molar-refractivity contribution in [2.24, 2.45) is 0 Å². The van der Waals surface area contributed by atoms with Gasteiger partial charge in [0.2, 0.25) is 0 Å². The minimum Gasteiger partial charge on any atom is -0.349 e. The summed E-state index contributed by atoms with van der Waals surface area (Å²) in [5.41, 5.74) is 2.71. The summed E-state index contributed by atoms with van der Waals surface area (Å²) in [4.78, 5) is 11.5. The molecule has 19 heavy (non-hydrogen) atoms. The van der Waals surface area contributed by atoms with Crippen LogP contribution in [0.3, 0.4) is 0 Å². The molecule has 2 atom stereocenters. The highest BCUT2D eigenvalue weighted by Crippen LogP contribution is 2.43. The fourth-order valence-corrected chi connectivity index (χ4v) is 4.43. The summed E-state index contributed by atoms with van der Waals surface area (Å²) >= 11 is 1.76. The van der Waals surface area contributed by atoms with Crippen molar-refractivity contribution in [2.45, 2.75) is 44.7 Å². The normalized spacial score (nSPS) is 26.2. The van der Waals surface area contributed by atoms with E-state index in [0.717, 1.165) is 5.52 Å². The molecule has 2 fully saturated rings. The molecule has 98 valence electrons. The molecule has 0 amide bonds. The molecule has 2 aliphatic rings. The number of piperidine rings is 1. The average molecular weight is 271 g/mol. The van der Waals surface area contributed by atoms with Gasteiger partial charge in [0.25, 0.3) is 0 Å². The molecular weight excluding hydrogens is 254 g/mol. The van der Waals surface area contributed by atoms with Crippen LogP contribution in [0.1, 0.15) is 32.6 Å². The topological polar surface area (TPSA) is 29.0 Å². The molecule has 2 aromatic heterocycles. The lowest BCUT2D eigenvalue weighted by atomic mass is 9.96. The minimum atomic E-state index is 0.644. The molecule has 0 spiro atoms. The third-order valence-electron chi connectivity index (χ3n) is 4.49. The van der Waals surface area contributed by atoms with E-state index in [2.05, 4.69) is 39.3 Å². The van der Waals surface area contributed by atoms with Crippen LogP contribution in [-0.4, -0.2) is 22.1 Å². The van der Waals surface area contributed by atoms with Gasteiger partial charge >= 0.3 is 0 Å². The van der Waals surface area contributed by atoms with Crippen molar-refractivity contribution in [1.82, 2.24) is 9.97 Å². The van der Waals surface area contributed by atoms with Gasteiger partial charge in [0.1, 0.15) is 6.33 Å². The number of anilines is 1. The van der Waals surface area contributed by atoms with Gasteiger partial charge in [0, 0.05) is 12.1 Å². The van der Waals surface area contributed by atoms with Crippen LogP contribution < -0.4 is 4.90 Å². The van der Waals surface area contributed by atoms with Crippen molar-refractivity contribution in [1.29, 1.82) is 0 Å². The van der Waals surface area contributed by atoms with Crippen LogP contribution in [0.25, 0.3) is 10.2 Å². The first-order chi connectivity index (χ1) is 9.36. The summed E-state index contributed by atoms with van der Waals surface area (Å²) in [6, 6.07) is 3.38. The molecule has 2 unspecified atom stereocenters. The Bertz CT molecular complexity index is 630. The highest BCUT2D eigenvalue weighted by Gasteiger charge is 2.39. The molecular formula is C15H17N3S. The van der Waals surface area contributed by atoms with Crippen molar-refractivity contribution >= 4 is 27.4 Å². The number of aromatic nitrogens is 2. The van der Waals surface area contributed by atoms with Crippen LogP contribution >= 0.6 is 11.3 Å². The van der Waals surface area contributed by atoms with Crippen molar-refractivity contribution in [3.05, 3.63) is 29.4 Å². The fourth-order valence-electron chi connectivity index (χ4n) is 3.59. The monoisotopic (exact) mass is 271 g/mol. The summed E-state index contributed by atoms with van der Waals surface area (Å²) in [6.45, 7) is 2.17. The van der Waals surface area contributed by atoms with E-state index in [0.29, 0.717) is 12.1 Å². The summed E-state index contributed by atoms with van der Waals surface area (Å²) in [6.07, 6.45) is 9.06. The third kappa shape index (κ3) is 1.70. The largest absolute Gasteiger partial charge is 0.349 e. The van der Waals surface area contributed by atoms with Gasteiger partial charge in [-0.25, -0.2) is 9.97 Å². The number of allylic oxidation sites excluding steroid dienone is 1. The van der Waals surface area contributed by atoms with Crippen LogP contribution in [0.5, 0.6) is 0 Å². The zero-order chi connectivity index (χ0) is 12.8. The highest BCUT2D eigenvalue weighted by atomic mass is 32.1. The summed E-state index contributed by atoms with van der Waals surface area (Å²) in [5, 5.41) is 2.12. The summed E-state index contributed by atoms with van der Waals surface area (Å²) in [5.74, 6) is 1.17. The molecule has 2 bridgehead atoms. The standard InChI is InChI=1S/C15H17N3S/c1-2-10-7-11-3-4-12(8-10)18(11)15-14-13(5-6-19-14)16-9-17-15/h2,5-6,9,11-12H,3-4,7-8H2,1H3. The average Bonchev–Trinajstić information content (AvgIpc) is 3.01. The number of thiophene rings is 1. The van der Waals surface area contributed by atoms with Gasteiger partial charge in [0.05, 0.1) is 10.2 Å². The first kappa shape index (κ1) is 11.4. The summed E-state index contributed by atoms with van der Waals surface area (Å²) in [7, 11) is 0. The van der Waals surface area contributed by atoms with Crippen LogP contribution in [0.2, 0.25) is 0 Å². The van der Waals surface area contributed by atoms with Gasteiger partial charge in [0.15, 0.2) is 5.82 Å². The zero-order valence-corrected chi connectivity index (χ0v) is 11.9. The molecule has 4 heteroatoms. The van der Waals surface area contributed by atoms with Gasteiger partial charge in [-0.2, -0.15) is 0 Å². The Hall–Kier alpha value is -1.42. The molecule has 0 aromatic carbocycles. The van der Waals surface area contributed by atoms with Gasteiger partial charge in [-0.15, -0.1) is 11.3 Å². The van der Waals surface area contributed by atoms with E-state index in [1.807, 2.05) is 0 Å². The molecule has 4 rings (SSSR count). The first-order valence-corrected chi connectivity index (χ1v) is 7.85. The number of hydrogen-bond acceptors (Lipinski definition) is 4. The quantitative estimate of drug-likeness (QED) is 0.739. The number of hydrogen-bond donors (Lipinski definition) is 0. The maximum atomic E-state index is 4.60. The molecule has 0 N–H and O–H groups in total. The second kappa shape index (κ2) is 4.30. The van der Waals surface area contributed by atoms with Crippen molar-refractivity contribution in [3.8, 4) is 0 Å². The molecule has 2 aromatic rings. The van der Waals surface area contributed by atoms with E-state index < -0.39 is 0 Å². The number of rotatable bonds is 1. The van der Waals surface area contributed by atoms with Gasteiger partial charge < -0.3 is 4.90 Å². The van der Waals surface area contributed by atoms with Crippen LogP contribution in [0, 0.1) is 0 Å². The Morgan fingerprint density at radius 3 is 2.79 bits per heavy atom. The molecule has 2 aliphatic heterocycles. The van der Waals surface area contributed by atoms with Crippen LogP contribution in [0.15, 0.2) is 29.4 Å². The van der Waals surface area contributed by atoms with Crippen molar-refractivity contribution in [3.63, 3.8) is 0 Å². The maximum absolute atomic E-state index is 4.60. The third-order valence-corrected chi connectivity index (χ3v) is 5.39. The van der Waals surface area contributed by atoms with E-state index in [4.69, 9.17) is 0 Å². The van der Waals surface area contributed by atoms with E-state index in [9.17, 15) is 0 Å². The molecule has 2 saturated heterocycles. The Labute approximate surface area is 117 Å². The van der Waals surface area contributed by atoms with E-state index in [1.54, 1.807) is 23.2 Å². The van der Waals surface area contributed by atoms with Gasteiger partial charge in [-0.3, -0.25) is 0 Å². The summed E-state index contributed by atoms with van der Waals surface area (Å²) < 4.78 is 1.25. The smallest absolute Gasteiger partial charge is 0.150 e. The van der Waals surface area contributed by atoms with E-state index >= 15 is 0 Å². The fraction of sp³-hybridized carbons (Fsp3) is 0.467. The predicted molar refractivity (Wildman–Crippen MR) is 79.7 cm³/mol. The Kier molecular flexibility index (Phi) is 2.58. The molecule has 0 aliphatic carbocycles. The Balaban J connectivity index is 1.79. The van der Waals surface area contributed by atoms with E-state index in [1.165, 1.54) is 36.2 Å². The highest BCUT2D eigenvalue weighted by molar-refractivity contribution is 7.17. The number of nitrogens with zero attached hydrogens (tertiary/aromatic N) is 3. The second-order valence-corrected chi connectivity index (χ2v) is 6.40. The molecule has 4 heterocycles. The molecule has 3 nitrogen and oxygen atoms in total. The lowest BCUT2D eigenvalue weighted by Gasteiger charge is -2.37. The lowest BCUT2D eigenvalue weighted by Crippen LogP contribution is -2.41. The predicted octanol–water partition coefficient (Wildman–Crippen LogP) is 3.77. The maximum Gasteiger partial charge on any atom is 0.150 e. The Morgan fingerprint density at radius 1 is 1.26 bits per heavy atom. The SMILES string of the molecule is CC=C1CC2CCC(C1)N2c1ncnc2ccsc12.